The molecule has 0 aliphatic carbocycles. The molecule has 0 aromatic rings. The van der Waals surface area contributed by atoms with Crippen molar-refractivity contribution in [1.82, 2.24) is 0 Å². The van der Waals surface area contributed by atoms with Crippen LogP contribution in [0.1, 0.15) is 38.5 Å². The molecule has 0 amide bonds. The normalized spacial score (nSPS) is 14.4. The van der Waals surface area contributed by atoms with Crippen LogP contribution in [0.15, 0.2) is 0 Å². The molecule has 0 radical (unpaired) electrons. The monoisotopic (exact) mass is 212 g/mol. The molecule has 14 heavy (non-hydrogen) atoms. The molecule has 0 aliphatic rings. The predicted octanol–water partition coefficient (Wildman–Crippen LogP) is 1.27. The lowest BCUT2D eigenvalue weighted by Gasteiger charge is -2.18. The lowest BCUT2D eigenvalue weighted by molar-refractivity contribution is -0.342. The molecule has 0 heterocycles. The van der Waals surface area contributed by atoms with E-state index in [0.717, 1.165) is 12.8 Å². The third kappa shape index (κ3) is 7.17. The van der Waals surface area contributed by atoms with Crippen LogP contribution in [0.2, 0.25) is 0 Å². The van der Waals surface area contributed by atoms with Crippen molar-refractivity contribution in [3.05, 3.63) is 0 Å². The van der Waals surface area contributed by atoms with Gasteiger partial charge in [-0.2, -0.15) is 0 Å². The van der Waals surface area contributed by atoms with Gasteiger partial charge < -0.3 is 15.3 Å². The Balaban J connectivity index is 3.28. The molecule has 0 fully saturated rings. The van der Waals surface area contributed by atoms with Crippen LogP contribution in [-0.4, -0.2) is 34.1 Å². The SMILES string of the molecule is OC(O)(O)C(F)CCCCCCCF. The summed E-state index contributed by atoms with van der Waals surface area (Å²) in [6, 6.07) is 0. The van der Waals surface area contributed by atoms with Gasteiger partial charge in [-0.05, 0) is 12.8 Å². The third-order valence-electron chi connectivity index (χ3n) is 2.01. The van der Waals surface area contributed by atoms with Crippen LogP contribution in [0.5, 0.6) is 0 Å². The highest BCUT2D eigenvalue weighted by Gasteiger charge is 2.31. The zero-order chi connectivity index (χ0) is 11.0. The number of hydrogen-bond donors (Lipinski definition) is 3. The van der Waals surface area contributed by atoms with E-state index >= 15 is 0 Å². The Morgan fingerprint density at radius 1 is 0.929 bits per heavy atom. The van der Waals surface area contributed by atoms with Crippen molar-refractivity contribution in [2.75, 3.05) is 6.67 Å². The first-order valence-electron chi connectivity index (χ1n) is 4.85. The molecule has 1 unspecified atom stereocenters. The molecular formula is C9H18F2O3. The van der Waals surface area contributed by atoms with E-state index < -0.39 is 12.1 Å². The smallest absolute Gasteiger partial charge is 0.308 e. The number of unbranched alkanes of at least 4 members (excludes halogenated alkanes) is 4. The number of hydrogen-bond acceptors (Lipinski definition) is 3. The first-order chi connectivity index (χ1) is 6.48. The average molecular weight is 212 g/mol. The maximum absolute atomic E-state index is 12.7. The minimum Gasteiger partial charge on any atom is -0.341 e. The van der Waals surface area contributed by atoms with Crippen LogP contribution < -0.4 is 0 Å². The van der Waals surface area contributed by atoms with Gasteiger partial charge >= 0.3 is 5.97 Å². The summed E-state index contributed by atoms with van der Waals surface area (Å²) in [6.07, 6.45) is 1.10. The maximum atomic E-state index is 12.7. The summed E-state index contributed by atoms with van der Waals surface area (Å²) < 4.78 is 24.3. The zero-order valence-corrected chi connectivity index (χ0v) is 8.12. The van der Waals surface area contributed by atoms with Gasteiger partial charge in [0.25, 0.3) is 0 Å². The summed E-state index contributed by atoms with van der Waals surface area (Å²) in [7, 11) is 0. The fraction of sp³-hybridized carbons (Fsp3) is 1.00. The van der Waals surface area contributed by atoms with Gasteiger partial charge in [-0.1, -0.05) is 25.7 Å². The number of halogens is 2. The van der Waals surface area contributed by atoms with Gasteiger partial charge in [0.05, 0.1) is 6.67 Å². The van der Waals surface area contributed by atoms with E-state index in [0.29, 0.717) is 19.3 Å². The van der Waals surface area contributed by atoms with Crippen LogP contribution in [0.4, 0.5) is 8.78 Å². The summed E-state index contributed by atoms with van der Waals surface area (Å²) in [5.74, 6) is -3.22. The van der Waals surface area contributed by atoms with Crippen molar-refractivity contribution in [3.63, 3.8) is 0 Å². The minimum absolute atomic E-state index is 0.0981. The topological polar surface area (TPSA) is 60.7 Å². The minimum atomic E-state index is -3.22. The average Bonchev–Trinajstić information content (AvgIpc) is 2.09. The summed E-state index contributed by atoms with van der Waals surface area (Å²) in [6.45, 7) is -0.335. The predicted molar refractivity (Wildman–Crippen MR) is 48.0 cm³/mol. The fourth-order valence-electron chi connectivity index (χ4n) is 1.14. The van der Waals surface area contributed by atoms with Gasteiger partial charge in [0, 0.05) is 0 Å². The first-order valence-corrected chi connectivity index (χ1v) is 4.85. The molecule has 0 bridgehead atoms. The van der Waals surface area contributed by atoms with E-state index in [2.05, 4.69) is 0 Å². The second-order valence-corrected chi connectivity index (χ2v) is 3.40. The van der Waals surface area contributed by atoms with Crippen LogP contribution in [0.25, 0.3) is 0 Å². The molecule has 0 aliphatic heterocycles. The Kier molecular flexibility index (Phi) is 6.96. The molecule has 0 aromatic carbocycles. The van der Waals surface area contributed by atoms with E-state index in [4.69, 9.17) is 15.3 Å². The Morgan fingerprint density at radius 2 is 1.43 bits per heavy atom. The summed E-state index contributed by atoms with van der Waals surface area (Å²) >= 11 is 0. The Bertz CT molecular complexity index is 137. The van der Waals surface area contributed by atoms with Crippen LogP contribution in [0.3, 0.4) is 0 Å². The highest BCUT2D eigenvalue weighted by atomic mass is 19.1. The van der Waals surface area contributed by atoms with Gasteiger partial charge in [0.1, 0.15) is 0 Å². The lowest BCUT2D eigenvalue weighted by Crippen LogP contribution is -2.38. The van der Waals surface area contributed by atoms with Gasteiger partial charge in [0.15, 0.2) is 6.17 Å². The van der Waals surface area contributed by atoms with Gasteiger partial charge in [0.2, 0.25) is 0 Å². The van der Waals surface area contributed by atoms with E-state index in [1.54, 1.807) is 0 Å². The lowest BCUT2D eigenvalue weighted by atomic mass is 10.1. The molecule has 3 N–H and O–H groups in total. The molecule has 0 spiro atoms. The van der Waals surface area contributed by atoms with E-state index in [-0.39, 0.29) is 13.1 Å². The Hall–Kier alpha value is -0.260. The van der Waals surface area contributed by atoms with Crippen LogP contribution >= 0.6 is 0 Å². The van der Waals surface area contributed by atoms with E-state index in [1.807, 2.05) is 0 Å². The van der Waals surface area contributed by atoms with Gasteiger partial charge in [-0.3, -0.25) is 4.39 Å². The molecular weight excluding hydrogens is 194 g/mol. The Labute approximate surface area is 82.4 Å². The molecule has 0 aromatic heterocycles. The quantitative estimate of drug-likeness (QED) is 0.419. The number of aliphatic hydroxyl groups is 3. The number of alkyl halides is 2. The van der Waals surface area contributed by atoms with Crippen molar-refractivity contribution in [2.24, 2.45) is 0 Å². The second-order valence-electron chi connectivity index (χ2n) is 3.40. The molecule has 5 heteroatoms. The highest BCUT2D eigenvalue weighted by molar-refractivity contribution is 4.63. The van der Waals surface area contributed by atoms with Crippen molar-refractivity contribution in [1.29, 1.82) is 0 Å². The first kappa shape index (κ1) is 13.7. The highest BCUT2D eigenvalue weighted by Crippen LogP contribution is 2.15. The van der Waals surface area contributed by atoms with E-state index in [9.17, 15) is 8.78 Å². The largest absolute Gasteiger partial charge is 0.341 e. The third-order valence-corrected chi connectivity index (χ3v) is 2.01. The summed E-state index contributed by atoms with van der Waals surface area (Å²) in [4.78, 5) is 0. The maximum Gasteiger partial charge on any atom is 0.308 e. The molecule has 0 saturated carbocycles. The molecule has 3 nitrogen and oxygen atoms in total. The molecule has 0 rings (SSSR count). The molecule has 0 saturated heterocycles. The van der Waals surface area contributed by atoms with Crippen molar-refractivity contribution < 1.29 is 24.1 Å². The van der Waals surface area contributed by atoms with Crippen LogP contribution in [-0.2, 0) is 0 Å². The van der Waals surface area contributed by atoms with Crippen molar-refractivity contribution in [3.8, 4) is 0 Å². The molecule has 1 atom stereocenters. The molecule has 86 valence electrons. The van der Waals surface area contributed by atoms with Crippen molar-refractivity contribution in [2.45, 2.75) is 50.7 Å². The summed E-state index contributed by atoms with van der Waals surface area (Å²) in [5, 5.41) is 25.2. The van der Waals surface area contributed by atoms with Crippen molar-refractivity contribution >= 4 is 0 Å². The zero-order valence-electron chi connectivity index (χ0n) is 8.12. The van der Waals surface area contributed by atoms with Gasteiger partial charge in [-0.25, -0.2) is 4.39 Å². The summed E-state index contributed by atoms with van der Waals surface area (Å²) in [5.41, 5.74) is 0. The fourth-order valence-corrected chi connectivity index (χ4v) is 1.14. The number of rotatable bonds is 8. The van der Waals surface area contributed by atoms with E-state index in [1.165, 1.54) is 0 Å². The Morgan fingerprint density at radius 3 is 1.93 bits per heavy atom. The second kappa shape index (κ2) is 7.09. The standard InChI is InChI=1S/C9H18F2O3/c10-7-5-3-1-2-4-6-8(11)9(12,13)14/h8,12-14H,1-7H2. The van der Waals surface area contributed by atoms with Crippen LogP contribution in [0, 0.1) is 0 Å². The van der Waals surface area contributed by atoms with Gasteiger partial charge in [-0.15, -0.1) is 0 Å².